The second-order valence-electron chi connectivity index (χ2n) is 8.37. The van der Waals surface area contributed by atoms with Crippen LogP contribution in [0.1, 0.15) is 46.6 Å². The molecule has 3 aromatic carbocycles. The highest BCUT2D eigenvalue weighted by molar-refractivity contribution is 6.10. The van der Waals surface area contributed by atoms with Crippen LogP contribution in [-0.4, -0.2) is 19.6 Å². The fraction of sp³-hybridized carbons (Fsp3) is 0.214. The Balaban J connectivity index is 1.72. The molecule has 1 unspecified atom stereocenters. The van der Waals surface area contributed by atoms with E-state index in [4.69, 9.17) is 13.9 Å². The fourth-order valence-corrected chi connectivity index (χ4v) is 4.40. The van der Waals surface area contributed by atoms with Gasteiger partial charge in [-0.15, -0.1) is 0 Å². The highest BCUT2D eigenvalue weighted by Gasteiger charge is 2.43. The number of benzene rings is 3. The summed E-state index contributed by atoms with van der Waals surface area (Å²) in [7, 11) is 1.58. The van der Waals surface area contributed by atoms with E-state index in [2.05, 4.69) is 0 Å². The van der Waals surface area contributed by atoms with Crippen molar-refractivity contribution in [2.75, 3.05) is 18.6 Å². The van der Waals surface area contributed by atoms with Gasteiger partial charge in [0.15, 0.2) is 5.43 Å². The lowest BCUT2D eigenvalue weighted by atomic mass is 9.97. The van der Waals surface area contributed by atoms with Crippen LogP contribution in [0, 0.1) is 6.92 Å². The summed E-state index contributed by atoms with van der Waals surface area (Å²) in [6.07, 6.45) is 0.906. The van der Waals surface area contributed by atoms with E-state index >= 15 is 0 Å². The largest absolute Gasteiger partial charge is 0.497 e. The maximum absolute atomic E-state index is 13.7. The average Bonchev–Trinajstić information content (AvgIpc) is 3.16. The van der Waals surface area contributed by atoms with E-state index in [9.17, 15) is 9.59 Å². The summed E-state index contributed by atoms with van der Waals surface area (Å²) in [5.41, 5.74) is 2.90. The standard InChI is InChI=1S/C28H25NO5/c1-4-14-33-20-11-9-18(10-12-20)25-24-26(30)22-15-17(2)8-13-23(22)34-27(24)28(31)29(25)19-6-5-7-21(16-19)32-3/h5-13,15-16,25H,4,14H2,1-3H3. The number of fused-ring (bicyclic) bond motifs is 2. The second kappa shape index (κ2) is 8.71. The summed E-state index contributed by atoms with van der Waals surface area (Å²) < 4.78 is 17.1. The van der Waals surface area contributed by atoms with Crippen LogP contribution in [0.2, 0.25) is 0 Å². The van der Waals surface area contributed by atoms with Gasteiger partial charge in [0.2, 0.25) is 5.76 Å². The molecule has 5 rings (SSSR count). The third-order valence-corrected chi connectivity index (χ3v) is 6.03. The Bertz CT molecular complexity index is 1440. The highest BCUT2D eigenvalue weighted by atomic mass is 16.5. The highest BCUT2D eigenvalue weighted by Crippen LogP contribution is 2.42. The molecule has 0 spiro atoms. The summed E-state index contributed by atoms with van der Waals surface area (Å²) >= 11 is 0. The third kappa shape index (κ3) is 3.61. The van der Waals surface area contributed by atoms with Gasteiger partial charge in [-0.3, -0.25) is 14.5 Å². The summed E-state index contributed by atoms with van der Waals surface area (Å²) in [5, 5.41) is 0.465. The normalized spacial score (nSPS) is 15.0. The lowest BCUT2D eigenvalue weighted by Crippen LogP contribution is -2.29. The van der Waals surface area contributed by atoms with Crippen LogP contribution in [0.25, 0.3) is 11.0 Å². The number of carbonyl (C=O) groups is 1. The number of aryl methyl sites for hydroxylation is 1. The van der Waals surface area contributed by atoms with Crippen molar-refractivity contribution in [2.24, 2.45) is 0 Å². The van der Waals surface area contributed by atoms with Crippen molar-refractivity contribution in [3.8, 4) is 11.5 Å². The number of carbonyl (C=O) groups excluding carboxylic acids is 1. The lowest BCUT2D eigenvalue weighted by Gasteiger charge is -2.25. The second-order valence-corrected chi connectivity index (χ2v) is 8.37. The Kier molecular flexibility index (Phi) is 5.57. The Morgan fingerprint density at radius 1 is 0.971 bits per heavy atom. The van der Waals surface area contributed by atoms with Crippen molar-refractivity contribution < 1.29 is 18.7 Å². The maximum atomic E-state index is 13.7. The number of methoxy groups -OCH3 is 1. The molecule has 0 N–H and O–H groups in total. The van der Waals surface area contributed by atoms with Crippen LogP contribution in [0.4, 0.5) is 5.69 Å². The number of hydrogen-bond donors (Lipinski definition) is 0. The monoisotopic (exact) mass is 455 g/mol. The number of ether oxygens (including phenoxy) is 2. The molecule has 172 valence electrons. The molecule has 1 atom stereocenters. The SMILES string of the molecule is CCCOc1ccc(C2c3c(oc4ccc(C)cc4c3=O)C(=O)N2c2cccc(OC)c2)cc1. The van der Waals surface area contributed by atoms with E-state index in [1.807, 2.05) is 62.4 Å². The number of nitrogens with zero attached hydrogens (tertiary/aromatic N) is 1. The molecular weight excluding hydrogens is 430 g/mol. The Hall–Kier alpha value is -4.06. The summed E-state index contributed by atoms with van der Waals surface area (Å²) in [4.78, 5) is 29.0. The van der Waals surface area contributed by atoms with Gasteiger partial charge < -0.3 is 13.9 Å². The molecule has 34 heavy (non-hydrogen) atoms. The van der Waals surface area contributed by atoms with E-state index in [1.165, 1.54) is 0 Å². The van der Waals surface area contributed by atoms with Gasteiger partial charge in [0, 0.05) is 11.8 Å². The van der Waals surface area contributed by atoms with Gasteiger partial charge in [-0.05, 0) is 55.3 Å². The first-order chi connectivity index (χ1) is 16.5. The van der Waals surface area contributed by atoms with Gasteiger partial charge >= 0.3 is 0 Å². The van der Waals surface area contributed by atoms with Crippen molar-refractivity contribution >= 4 is 22.6 Å². The molecule has 0 fully saturated rings. The van der Waals surface area contributed by atoms with Gasteiger partial charge in [-0.1, -0.05) is 36.8 Å². The first-order valence-electron chi connectivity index (χ1n) is 11.3. The first kappa shape index (κ1) is 21.8. The Morgan fingerprint density at radius 3 is 2.50 bits per heavy atom. The van der Waals surface area contributed by atoms with Crippen molar-refractivity contribution in [1.29, 1.82) is 0 Å². The molecule has 1 aliphatic rings. The summed E-state index contributed by atoms with van der Waals surface area (Å²) in [6, 6.07) is 19.5. The minimum absolute atomic E-state index is 0.0699. The molecule has 6 heteroatoms. The molecular formula is C28H25NO5. The predicted octanol–water partition coefficient (Wildman–Crippen LogP) is 5.65. The van der Waals surface area contributed by atoms with Crippen molar-refractivity contribution in [3.63, 3.8) is 0 Å². The molecule has 0 saturated heterocycles. The van der Waals surface area contributed by atoms with Crippen molar-refractivity contribution in [2.45, 2.75) is 26.3 Å². The van der Waals surface area contributed by atoms with E-state index in [1.54, 1.807) is 30.2 Å². The van der Waals surface area contributed by atoms with Gasteiger partial charge in [0.1, 0.15) is 17.1 Å². The zero-order chi connectivity index (χ0) is 23.8. The molecule has 0 aliphatic carbocycles. The molecule has 2 heterocycles. The van der Waals surface area contributed by atoms with E-state index in [-0.39, 0.29) is 17.1 Å². The molecule has 1 aromatic heterocycles. The number of anilines is 1. The zero-order valence-electron chi connectivity index (χ0n) is 19.3. The first-order valence-corrected chi connectivity index (χ1v) is 11.3. The molecule has 0 bridgehead atoms. The van der Waals surface area contributed by atoms with Crippen LogP contribution in [0.15, 0.2) is 75.9 Å². The van der Waals surface area contributed by atoms with Crippen molar-refractivity contribution in [3.05, 3.63) is 99.4 Å². The van der Waals surface area contributed by atoms with Crippen LogP contribution in [0.5, 0.6) is 11.5 Å². The quantitative estimate of drug-likeness (QED) is 0.376. The van der Waals surface area contributed by atoms with Crippen LogP contribution < -0.4 is 19.8 Å². The van der Waals surface area contributed by atoms with E-state index in [0.29, 0.717) is 34.6 Å². The van der Waals surface area contributed by atoms with Gasteiger partial charge in [0.05, 0.1) is 30.7 Å². The summed E-state index contributed by atoms with van der Waals surface area (Å²) in [6.45, 7) is 4.59. The van der Waals surface area contributed by atoms with Gasteiger partial charge in [-0.25, -0.2) is 0 Å². The zero-order valence-corrected chi connectivity index (χ0v) is 19.3. The fourth-order valence-electron chi connectivity index (χ4n) is 4.40. The third-order valence-electron chi connectivity index (χ3n) is 6.03. The topological polar surface area (TPSA) is 69.0 Å². The lowest BCUT2D eigenvalue weighted by molar-refractivity contribution is 0.0971. The Labute approximate surface area is 197 Å². The Morgan fingerprint density at radius 2 is 1.76 bits per heavy atom. The predicted molar refractivity (Wildman–Crippen MR) is 131 cm³/mol. The smallest absolute Gasteiger partial charge is 0.295 e. The average molecular weight is 456 g/mol. The number of amides is 1. The minimum Gasteiger partial charge on any atom is -0.497 e. The molecule has 0 radical (unpaired) electrons. The number of hydrogen-bond acceptors (Lipinski definition) is 5. The molecule has 1 aliphatic heterocycles. The van der Waals surface area contributed by atoms with Gasteiger partial charge in [0.25, 0.3) is 5.91 Å². The van der Waals surface area contributed by atoms with Crippen LogP contribution in [0.3, 0.4) is 0 Å². The van der Waals surface area contributed by atoms with Crippen LogP contribution >= 0.6 is 0 Å². The van der Waals surface area contributed by atoms with Crippen LogP contribution in [-0.2, 0) is 0 Å². The molecule has 1 amide bonds. The summed E-state index contributed by atoms with van der Waals surface area (Å²) in [5.74, 6) is 1.06. The van der Waals surface area contributed by atoms with Crippen molar-refractivity contribution in [1.82, 2.24) is 0 Å². The maximum Gasteiger partial charge on any atom is 0.295 e. The molecule has 0 saturated carbocycles. The number of rotatable bonds is 6. The molecule has 6 nitrogen and oxygen atoms in total. The van der Waals surface area contributed by atoms with E-state index < -0.39 is 6.04 Å². The van der Waals surface area contributed by atoms with E-state index in [0.717, 1.165) is 23.3 Å². The van der Waals surface area contributed by atoms with Gasteiger partial charge in [-0.2, -0.15) is 0 Å². The molecule has 4 aromatic rings. The minimum atomic E-state index is -0.643.